The minimum Gasteiger partial charge on any atom is -0.497 e. The average molecular weight is 482 g/mol. The molecule has 2 aromatic heterocycles. The number of carbonyl (C=O) groups excluding carboxylic acids is 1. The second-order valence-corrected chi connectivity index (χ2v) is 10.3. The molecule has 4 rings (SSSR count). The van der Waals surface area contributed by atoms with Crippen molar-refractivity contribution in [3.05, 3.63) is 82.3 Å². The molecule has 7 nitrogen and oxygen atoms in total. The number of sulfonamides is 1. The van der Waals surface area contributed by atoms with Gasteiger partial charge in [0.15, 0.2) is 0 Å². The van der Waals surface area contributed by atoms with Gasteiger partial charge in [0, 0.05) is 23.7 Å². The van der Waals surface area contributed by atoms with E-state index in [1.165, 1.54) is 16.0 Å². The molecule has 0 saturated heterocycles. The standard InChI is InChI=1S/C24H23N3O4S2/c1-16-14-17(2)27(25-16)24(28)22-23(21(15-32-22)18-8-6-5-7-9-18)33(29,30)26(3)19-10-12-20(31-4)13-11-19/h5-15H,1-4H3. The highest BCUT2D eigenvalue weighted by atomic mass is 32.2. The Morgan fingerprint density at radius 2 is 1.73 bits per heavy atom. The Morgan fingerprint density at radius 3 is 2.30 bits per heavy atom. The normalized spacial score (nSPS) is 11.4. The van der Waals surface area contributed by atoms with Crippen LogP contribution in [0.25, 0.3) is 11.1 Å². The van der Waals surface area contributed by atoms with E-state index < -0.39 is 15.9 Å². The number of aryl methyl sites for hydroxylation is 2. The number of nitrogens with zero attached hydrogens (tertiary/aromatic N) is 3. The summed E-state index contributed by atoms with van der Waals surface area (Å²) >= 11 is 1.10. The number of methoxy groups -OCH3 is 1. The molecule has 0 aliphatic carbocycles. The SMILES string of the molecule is COc1ccc(N(C)S(=O)(=O)c2c(-c3ccccc3)csc2C(=O)n2nc(C)cc2C)cc1. The highest BCUT2D eigenvalue weighted by molar-refractivity contribution is 7.93. The molecule has 4 aromatic rings. The zero-order chi connectivity index (χ0) is 23.8. The number of carbonyl (C=O) groups is 1. The summed E-state index contributed by atoms with van der Waals surface area (Å²) in [5.41, 5.74) is 2.96. The highest BCUT2D eigenvalue weighted by Crippen LogP contribution is 2.38. The molecule has 0 saturated carbocycles. The van der Waals surface area contributed by atoms with Gasteiger partial charge < -0.3 is 4.74 Å². The van der Waals surface area contributed by atoms with E-state index >= 15 is 0 Å². The first-order chi connectivity index (χ1) is 15.7. The molecule has 2 aromatic carbocycles. The minimum atomic E-state index is -4.10. The third-order valence-electron chi connectivity index (χ3n) is 5.28. The van der Waals surface area contributed by atoms with Gasteiger partial charge >= 0.3 is 0 Å². The van der Waals surface area contributed by atoms with Crippen LogP contribution in [0.2, 0.25) is 0 Å². The predicted molar refractivity (Wildman–Crippen MR) is 130 cm³/mol. The molecule has 0 unspecified atom stereocenters. The summed E-state index contributed by atoms with van der Waals surface area (Å²) in [7, 11) is -1.08. The Morgan fingerprint density at radius 1 is 1.06 bits per heavy atom. The summed E-state index contributed by atoms with van der Waals surface area (Å²) in [4.78, 5) is 13.5. The van der Waals surface area contributed by atoms with E-state index in [4.69, 9.17) is 4.74 Å². The second kappa shape index (κ2) is 8.84. The Bertz CT molecular complexity index is 1410. The third-order valence-corrected chi connectivity index (χ3v) is 8.25. The van der Waals surface area contributed by atoms with Crippen LogP contribution in [-0.2, 0) is 10.0 Å². The van der Waals surface area contributed by atoms with Gasteiger partial charge in [0.25, 0.3) is 15.9 Å². The van der Waals surface area contributed by atoms with Crippen LogP contribution in [-0.4, -0.2) is 38.3 Å². The smallest absolute Gasteiger partial charge is 0.289 e. The maximum atomic E-state index is 13.9. The van der Waals surface area contributed by atoms with E-state index in [1.807, 2.05) is 30.3 Å². The Labute approximate surface area is 196 Å². The number of aromatic nitrogens is 2. The summed E-state index contributed by atoms with van der Waals surface area (Å²) in [6.45, 7) is 3.55. The van der Waals surface area contributed by atoms with Gasteiger partial charge in [-0.25, -0.2) is 13.1 Å². The molecule has 0 aliphatic rings. The molecule has 33 heavy (non-hydrogen) atoms. The fourth-order valence-corrected chi connectivity index (χ4v) is 6.44. The monoisotopic (exact) mass is 481 g/mol. The molecule has 2 heterocycles. The van der Waals surface area contributed by atoms with Crippen molar-refractivity contribution in [3.8, 4) is 16.9 Å². The minimum absolute atomic E-state index is 0.0328. The molecule has 170 valence electrons. The van der Waals surface area contributed by atoms with Gasteiger partial charge in [-0.1, -0.05) is 30.3 Å². The van der Waals surface area contributed by atoms with Crippen molar-refractivity contribution < 1.29 is 17.9 Å². The quantitative estimate of drug-likeness (QED) is 0.397. The van der Waals surface area contributed by atoms with E-state index in [1.54, 1.807) is 56.7 Å². The van der Waals surface area contributed by atoms with Crippen molar-refractivity contribution in [3.63, 3.8) is 0 Å². The average Bonchev–Trinajstić information content (AvgIpc) is 3.42. The largest absolute Gasteiger partial charge is 0.497 e. The van der Waals surface area contributed by atoms with Crippen molar-refractivity contribution in [1.82, 2.24) is 9.78 Å². The zero-order valence-corrected chi connectivity index (χ0v) is 20.3. The third kappa shape index (κ3) is 4.17. The maximum absolute atomic E-state index is 13.9. The fraction of sp³-hybridized carbons (Fsp3) is 0.167. The summed E-state index contributed by atoms with van der Waals surface area (Å²) in [6, 6.07) is 17.7. The fourth-order valence-electron chi connectivity index (χ4n) is 3.57. The highest BCUT2D eigenvalue weighted by Gasteiger charge is 2.33. The summed E-state index contributed by atoms with van der Waals surface area (Å²) in [5.74, 6) is 0.139. The number of thiophene rings is 1. The lowest BCUT2D eigenvalue weighted by Crippen LogP contribution is -2.28. The van der Waals surface area contributed by atoms with Crippen LogP contribution in [0.4, 0.5) is 5.69 Å². The number of rotatable bonds is 6. The van der Waals surface area contributed by atoms with Gasteiger partial charge in [-0.05, 0) is 49.7 Å². The maximum Gasteiger partial charge on any atom is 0.289 e. The van der Waals surface area contributed by atoms with E-state index in [9.17, 15) is 13.2 Å². The molecule has 0 radical (unpaired) electrons. The molecule has 0 N–H and O–H groups in total. The molecule has 9 heteroatoms. The number of hydrogen-bond acceptors (Lipinski definition) is 6. The van der Waals surface area contributed by atoms with Gasteiger partial charge in [0.1, 0.15) is 15.5 Å². The molecule has 0 aliphatic heterocycles. The summed E-state index contributed by atoms with van der Waals surface area (Å²) in [6.07, 6.45) is 0. The number of ether oxygens (including phenoxy) is 1. The lowest BCUT2D eigenvalue weighted by atomic mass is 10.1. The van der Waals surface area contributed by atoms with Crippen molar-refractivity contribution in [2.75, 3.05) is 18.5 Å². The number of hydrogen-bond donors (Lipinski definition) is 0. The first kappa shape index (κ1) is 22.8. The molecule has 0 bridgehead atoms. The lowest BCUT2D eigenvalue weighted by Gasteiger charge is -2.21. The van der Waals surface area contributed by atoms with Gasteiger partial charge in [0.05, 0.1) is 18.5 Å². The van der Waals surface area contributed by atoms with Crippen LogP contribution in [0.3, 0.4) is 0 Å². The van der Waals surface area contributed by atoms with E-state index in [2.05, 4.69) is 5.10 Å². The van der Waals surface area contributed by atoms with E-state index in [0.717, 1.165) is 11.3 Å². The summed E-state index contributed by atoms with van der Waals surface area (Å²) < 4.78 is 35.4. The van der Waals surface area contributed by atoms with Crippen LogP contribution < -0.4 is 9.04 Å². The van der Waals surface area contributed by atoms with Gasteiger partial charge in [-0.15, -0.1) is 11.3 Å². The van der Waals surface area contributed by atoms with Crippen LogP contribution in [0.15, 0.2) is 70.9 Å². The Balaban J connectivity index is 1.89. The Kier molecular flexibility index (Phi) is 6.09. The van der Waals surface area contributed by atoms with Crippen molar-refractivity contribution >= 4 is 33.0 Å². The topological polar surface area (TPSA) is 81.5 Å². The van der Waals surface area contributed by atoms with Crippen LogP contribution in [0.1, 0.15) is 21.1 Å². The molecule has 0 amide bonds. The molecule has 0 spiro atoms. The van der Waals surface area contributed by atoms with Crippen molar-refractivity contribution in [1.29, 1.82) is 0 Å². The molecule has 0 fully saturated rings. The predicted octanol–water partition coefficient (Wildman–Crippen LogP) is 4.75. The zero-order valence-electron chi connectivity index (χ0n) is 18.6. The Hall–Kier alpha value is -3.43. The van der Waals surface area contributed by atoms with Gasteiger partial charge in [-0.2, -0.15) is 5.10 Å². The van der Waals surface area contributed by atoms with Gasteiger partial charge in [0.2, 0.25) is 0 Å². The second-order valence-electron chi connectivity index (χ2n) is 7.49. The number of anilines is 1. The number of benzene rings is 2. The van der Waals surface area contributed by atoms with Crippen LogP contribution in [0.5, 0.6) is 5.75 Å². The molecular formula is C24H23N3O4S2. The van der Waals surface area contributed by atoms with E-state index in [-0.39, 0.29) is 9.77 Å². The molecular weight excluding hydrogens is 458 g/mol. The molecule has 0 atom stereocenters. The van der Waals surface area contributed by atoms with E-state index in [0.29, 0.717) is 34.0 Å². The van der Waals surface area contributed by atoms with Gasteiger partial charge in [-0.3, -0.25) is 9.10 Å². The first-order valence-electron chi connectivity index (χ1n) is 10.1. The summed E-state index contributed by atoms with van der Waals surface area (Å²) in [5, 5.41) is 5.98. The van der Waals surface area contributed by atoms with Crippen LogP contribution in [0, 0.1) is 13.8 Å². The first-order valence-corrected chi connectivity index (χ1v) is 12.4. The van der Waals surface area contributed by atoms with Crippen molar-refractivity contribution in [2.24, 2.45) is 0 Å². The van der Waals surface area contributed by atoms with Crippen molar-refractivity contribution in [2.45, 2.75) is 18.7 Å². The van der Waals surface area contributed by atoms with Crippen LogP contribution >= 0.6 is 11.3 Å². The lowest BCUT2D eigenvalue weighted by molar-refractivity contribution is 0.0943.